The lowest BCUT2D eigenvalue weighted by Crippen LogP contribution is -2.38. The number of thiazole rings is 1. The SMILES string of the molecule is CCC(CC)(CBr)CNC(=O)c1csc(C)n1. The minimum absolute atomic E-state index is 0.0680. The highest BCUT2D eigenvalue weighted by atomic mass is 79.9. The molecule has 5 heteroatoms. The number of nitrogens with one attached hydrogen (secondary N) is 1. The topological polar surface area (TPSA) is 42.0 Å². The quantitative estimate of drug-likeness (QED) is 0.817. The summed E-state index contributed by atoms with van der Waals surface area (Å²) in [5.41, 5.74) is 0.684. The van der Waals surface area contributed by atoms with Crippen LogP contribution in [0.4, 0.5) is 0 Å². The first-order valence-electron chi connectivity index (χ1n) is 5.83. The molecular formula is C12H19BrN2OS. The van der Waals surface area contributed by atoms with Crippen LogP contribution in [0.3, 0.4) is 0 Å². The fraction of sp³-hybridized carbons (Fsp3) is 0.667. The maximum Gasteiger partial charge on any atom is 0.270 e. The molecule has 0 saturated carbocycles. The van der Waals surface area contributed by atoms with Gasteiger partial charge in [0.2, 0.25) is 0 Å². The smallest absolute Gasteiger partial charge is 0.270 e. The van der Waals surface area contributed by atoms with Gasteiger partial charge in [-0.1, -0.05) is 29.8 Å². The van der Waals surface area contributed by atoms with Crippen molar-refractivity contribution in [2.24, 2.45) is 5.41 Å². The van der Waals surface area contributed by atoms with Gasteiger partial charge in [0.05, 0.1) is 5.01 Å². The lowest BCUT2D eigenvalue weighted by Gasteiger charge is -2.29. The van der Waals surface area contributed by atoms with Crippen molar-refractivity contribution < 1.29 is 4.79 Å². The van der Waals surface area contributed by atoms with E-state index in [1.807, 2.05) is 6.92 Å². The Morgan fingerprint density at radius 2 is 2.18 bits per heavy atom. The fourth-order valence-corrected chi connectivity index (χ4v) is 3.15. The summed E-state index contributed by atoms with van der Waals surface area (Å²) in [6.07, 6.45) is 2.09. The zero-order valence-electron chi connectivity index (χ0n) is 10.5. The van der Waals surface area contributed by atoms with E-state index < -0.39 is 0 Å². The van der Waals surface area contributed by atoms with Crippen molar-refractivity contribution in [2.45, 2.75) is 33.6 Å². The molecule has 0 aromatic carbocycles. The van der Waals surface area contributed by atoms with Crippen molar-refractivity contribution in [2.75, 3.05) is 11.9 Å². The highest BCUT2D eigenvalue weighted by Crippen LogP contribution is 2.27. The molecule has 17 heavy (non-hydrogen) atoms. The first-order valence-corrected chi connectivity index (χ1v) is 7.83. The molecule has 1 heterocycles. The largest absolute Gasteiger partial charge is 0.350 e. The number of alkyl halides is 1. The van der Waals surface area contributed by atoms with E-state index in [0.717, 1.165) is 23.2 Å². The third kappa shape index (κ3) is 3.78. The maximum absolute atomic E-state index is 11.9. The number of hydrogen-bond donors (Lipinski definition) is 1. The Hall–Kier alpha value is -0.420. The average Bonchev–Trinajstić information content (AvgIpc) is 2.78. The van der Waals surface area contributed by atoms with Crippen LogP contribution in [-0.4, -0.2) is 22.8 Å². The van der Waals surface area contributed by atoms with Gasteiger partial charge >= 0.3 is 0 Å². The molecule has 0 fully saturated rings. The van der Waals surface area contributed by atoms with E-state index in [0.29, 0.717) is 12.2 Å². The normalized spacial score (nSPS) is 11.5. The predicted octanol–water partition coefficient (Wildman–Crippen LogP) is 3.38. The summed E-state index contributed by atoms with van der Waals surface area (Å²) in [4.78, 5) is 16.1. The summed E-state index contributed by atoms with van der Waals surface area (Å²) < 4.78 is 0. The molecule has 0 spiro atoms. The second-order valence-corrected chi connectivity index (χ2v) is 5.90. The van der Waals surface area contributed by atoms with Gasteiger partial charge in [0, 0.05) is 17.3 Å². The Kier molecular flexibility index (Phi) is 5.59. The molecule has 0 aliphatic heterocycles. The number of aromatic nitrogens is 1. The first kappa shape index (κ1) is 14.6. The van der Waals surface area contributed by atoms with Gasteiger partial charge in [0.25, 0.3) is 5.91 Å². The van der Waals surface area contributed by atoms with E-state index in [2.05, 4.69) is 40.1 Å². The molecule has 0 radical (unpaired) electrons. The summed E-state index contributed by atoms with van der Waals surface area (Å²) >= 11 is 5.04. The predicted molar refractivity (Wildman–Crippen MR) is 76.0 cm³/mol. The minimum Gasteiger partial charge on any atom is -0.350 e. The summed E-state index contributed by atoms with van der Waals surface area (Å²) in [5.74, 6) is -0.0680. The standard InChI is InChI=1S/C12H19BrN2OS/c1-4-12(5-2,7-13)8-14-11(16)10-6-17-9(3)15-10/h6H,4-5,7-8H2,1-3H3,(H,14,16). The van der Waals surface area contributed by atoms with Gasteiger partial charge in [0.1, 0.15) is 5.69 Å². The van der Waals surface area contributed by atoms with Crippen molar-refractivity contribution in [3.63, 3.8) is 0 Å². The molecule has 0 atom stereocenters. The maximum atomic E-state index is 11.9. The Labute approximate surface area is 115 Å². The van der Waals surface area contributed by atoms with Crippen LogP contribution < -0.4 is 5.32 Å². The lowest BCUT2D eigenvalue weighted by atomic mass is 9.84. The molecule has 0 bridgehead atoms. The summed E-state index contributed by atoms with van der Waals surface area (Å²) in [6, 6.07) is 0. The monoisotopic (exact) mass is 318 g/mol. The van der Waals surface area contributed by atoms with Crippen LogP contribution in [-0.2, 0) is 0 Å². The molecule has 0 aliphatic carbocycles. The summed E-state index contributed by atoms with van der Waals surface area (Å²) in [5, 5.41) is 6.62. The van der Waals surface area contributed by atoms with Crippen molar-refractivity contribution in [1.82, 2.24) is 10.3 Å². The minimum atomic E-state index is -0.0680. The van der Waals surface area contributed by atoms with E-state index in [1.165, 1.54) is 11.3 Å². The zero-order chi connectivity index (χ0) is 12.9. The Morgan fingerprint density at radius 1 is 1.53 bits per heavy atom. The second kappa shape index (κ2) is 6.50. The van der Waals surface area contributed by atoms with E-state index in [-0.39, 0.29) is 11.3 Å². The third-order valence-electron chi connectivity index (χ3n) is 3.26. The molecule has 0 unspecified atom stereocenters. The first-order chi connectivity index (χ1) is 8.06. The van der Waals surface area contributed by atoms with Gasteiger partial charge in [0.15, 0.2) is 0 Å². The van der Waals surface area contributed by atoms with E-state index in [4.69, 9.17) is 0 Å². The van der Waals surface area contributed by atoms with Gasteiger partial charge in [-0.05, 0) is 25.2 Å². The van der Waals surface area contributed by atoms with E-state index >= 15 is 0 Å². The Morgan fingerprint density at radius 3 is 2.59 bits per heavy atom. The molecule has 1 aromatic rings. The van der Waals surface area contributed by atoms with Crippen molar-refractivity contribution >= 4 is 33.2 Å². The number of carbonyl (C=O) groups is 1. The number of hydrogen-bond acceptors (Lipinski definition) is 3. The van der Waals surface area contributed by atoms with Crippen molar-refractivity contribution in [3.8, 4) is 0 Å². The summed E-state index contributed by atoms with van der Waals surface area (Å²) in [7, 11) is 0. The van der Waals surface area contributed by atoms with Gasteiger partial charge in [-0.2, -0.15) is 0 Å². The van der Waals surface area contributed by atoms with Gasteiger partial charge in [-0.15, -0.1) is 11.3 Å². The fourth-order valence-electron chi connectivity index (χ4n) is 1.56. The van der Waals surface area contributed by atoms with E-state index in [9.17, 15) is 4.79 Å². The van der Waals surface area contributed by atoms with Crippen LogP contribution >= 0.6 is 27.3 Å². The second-order valence-electron chi connectivity index (χ2n) is 4.28. The number of rotatable bonds is 6. The molecule has 3 nitrogen and oxygen atoms in total. The van der Waals surface area contributed by atoms with Crippen LogP contribution in [0.2, 0.25) is 0 Å². The van der Waals surface area contributed by atoms with Crippen molar-refractivity contribution in [1.29, 1.82) is 0 Å². The molecular weight excluding hydrogens is 300 g/mol. The number of carbonyl (C=O) groups excluding carboxylic acids is 1. The lowest BCUT2D eigenvalue weighted by molar-refractivity contribution is 0.0928. The number of nitrogens with zero attached hydrogens (tertiary/aromatic N) is 1. The van der Waals surface area contributed by atoms with Gasteiger partial charge in [-0.3, -0.25) is 4.79 Å². The molecule has 1 amide bonds. The highest BCUT2D eigenvalue weighted by molar-refractivity contribution is 9.09. The van der Waals surface area contributed by atoms with Crippen molar-refractivity contribution in [3.05, 3.63) is 16.1 Å². The Bertz CT molecular complexity index is 366. The van der Waals surface area contributed by atoms with Crippen LogP contribution in [0.15, 0.2) is 5.38 Å². The van der Waals surface area contributed by atoms with Crippen LogP contribution in [0.1, 0.15) is 42.2 Å². The average molecular weight is 319 g/mol. The third-order valence-corrected chi connectivity index (χ3v) is 5.22. The van der Waals surface area contributed by atoms with Gasteiger partial charge < -0.3 is 5.32 Å². The number of halogens is 1. The molecule has 1 N–H and O–H groups in total. The highest BCUT2D eigenvalue weighted by Gasteiger charge is 2.25. The summed E-state index contributed by atoms with van der Waals surface area (Å²) in [6.45, 7) is 6.91. The molecule has 1 rings (SSSR count). The van der Waals surface area contributed by atoms with Crippen LogP contribution in [0.25, 0.3) is 0 Å². The van der Waals surface area contributed by atoms with Gasteiger partial charge in [-0.25, -0.2) is 4.98 Å². The number of aryl methyl sites for hydroxylation is 1. The zero-order valence-corrected chi connectivity index (χ0v) is 12.9. The molecule has 1 aromatic heterocycles. The molecule has 0 saturated heterocycles. The molecule has 0 aliphatic rings. The van der Waals surface area contributed by atoms with Crippen LogP contribution in [0.5, 0.6) is 0 Å². The van der Waals surface area contributed by atoms with E-state index in [1.54, 1.807) is 5.38 Å². The molecule has 96 valence electrons. The van der Waals surface area contributed by atoms with Crippen LogP contribution in [0, 0.1) is 12.3 Å². The Balaban J connectivity index is 2.58. The number of amides is 1.